The van der Waals surface area contributed by atoms with Crippen molar-refractivity contribution in [3.05, 3.63) is 24.3 Å². The molecular formula is C48H92NO8P. The predicted molar refractivity (Wildman–Crippen MR) is 241 cm³/mol. The van der Waals surface area contributed by atoms with Gasteiger partial charge in [0.25, 0.3) is 7.82 Å². The van der Waals surface area contributed by atoms with Gasteiger partial charge < -0.3 is 27.9 Å². The second kappa shape index (κ2) is 40.9. The molecule has 0 heterocycles. The molecule has 0 saturated carbocycles. The Morgan fingerprint density at radius 1 is 0.517 bits per heavy atom. The number of phosphoric ester groups is 1. The van der Waals surface area contributed by atoms with Gasteiger partial charge in [-0.05, 0) is 44.9 Å². The van der Waals surface area contributed by atoms with Crippen LogP contribution in [0.5, 0.6) is 0 Å². The van der Waals surface area contributed by atoms with Gasteiger partial charge in [-0.1, -0.05) is 186 Å². The zero-order chi connectivity index (χ0) is 42.8. The first kappa shape index (κ1) is 56.5. The van der Waals surface area contributed by atoms with Crippen molar-refractivity contribution < 1.29 is 42.1 Å². The molecule has 0 fully saturated rings. The maximum Gasteiger partial charge on any atom is 0.306 e. The Labute approximate surface area is 358 Å². The smallest absolute Gasteiger partial charge is 0.306 e. The number of carbonyl (C=O) groups is 2. The Bertz CT molecular complexity index is 1040. The molecule has 0 aliphatic rings. The van der Waals surface area contributed by atoms with Gasteiger partial charge in [-0.3, -0.25) is 14.2 Å². The van der Waals surface area contributed by atoms with E-state index in [4.69, 9.17) is 18.5 Å². The van der Waals surface area contributed by atoms with Crippen LogP contribution in [0.25, 0.3) is 0 Å². The maximum absolute atomic E-state index is 12.6. The van der Waals surface area contributed by atoms with E-state index in [-0.39, 0.29) is 26.1 Å². The van der Waals surface area contributed by atoms with Crippen LogP contribution in [0.15, 0.2) is 24.3 Å². The van der Waals surface area contributed by atoms with Gasteiger partial charge in [0.15, 0.2) is 6.10 Å². The summed E-state index contributed by atoms with van der Waals surface area (Å²) in [7, 11) is 1.15. The number of ether oxygens (including phenoxy) is 2. The number of likely N-dealkylation sites (N-methyl/N-ethyl adjacent to an activating group) is 1. The molecule has 1 unspecified atom stereocenters. The number of carbonyl (C=O) groups excluding carboxylic acids is 2. The summed E-state index contributed by atoms with van der Waals surface area (Å²) in [4.78, 5) is 37.5. The number of phosphoric acid groups is 1. The highest BCUT2D eigenvalue weighted by molar-refractivity contribution is 7.45. The third-order valence-electron chi connectivity index (χ3n) is 10.5. The van der Waals surface area contributed by atoms with Crippen LogP contribution in [-0.4, -0.2) is 70.0 Å². The van der Waals surface area contributed by atoms with Crippen LogP contribution in [0.1, 0.15) is 219 Å². The Morgan fingerprint density at radius 2 is 0.914 bits per heavy atom. The summed E-state index contributed by atoms with van der Waals surface area (Å²) >= 11 is 0. The molecule has 0 bridgehead atoms. The lowest BCUT2D eigenvalue weighted by Gasteiger charge is -2.28. The largest absolute Gasteiger partial charge is 0.756 e. The number of quaternary nitrogens is 1. The second-order valence-electron chi connectivity index (χ2n) is 17.5. The number of allylic oxidation sites excluding steroid dienone is 4. The van der Waals surface area contributed by atoms with Gasteiger partial charge in [-0.2, -0.15) is 0 Å². The summed E-state index contributed by atoms with van der Waals surface area (Å²) in [6, 6.07) is 0. The summed E-state index contributed by atoms with van der Waals surface area (Å²) in [6.45, 7) is 4.20. The lowest BCUT2D eigenvalue weighted by molar-refractivity contribution is -0.870. The third-order valence-corrected chi connectivity index (χ3v) is 11.4. The minimum absolute atomic E-state index is 0.0344. The molecule has 0 aromatic rings. The number of rotatable bonds is 44. The maximum atomic E-state index is 12.6. The number of hydrogen-bond acceptors (Lipinski definition) is 8. The highest BCUT2D eigenvalue weighted by Crippen LogP contribution is 2.38. The number of hydrogen-bond donors (Lipinski definition) is 0. The van der Waals surface area contributed by atoms with E-state index in [1.807, 2.05) is 21.1 Å². The summed E-state index contributed by atoms with van der Waals surface area (Å²) < 4.78 is 33.9. The zero-order valence-electron chi connectivity index (χ0n) is 38.5. The van der Waals surface area contributed by atoms with Crippen LogP contribution < -0.4 is 4.89 Å². The fraction of sp³-hybridized carbons (Fsp3) is 0.875. The third kappa shape index (κ3) is 44.1. The average Bonchev–Trinajstić information content (AvgIpc) is 3.17. The van der Waals surface area contributed by atoms with Crippen LogP contribution in [0.3, 0.4) is 0 Å². The van der Waals surface area contributed by atoms with Gasteiger partial charge in [0.1, 0.15) is 19.8 Å². The van der Waals surface area contributed by atoms with E-state index in [1.54, 1.807) is 0 Å². The Kier molecular flexibility index (Phi) is 39.8. The molecule has 0 aliphatic heterocycles. The molecule has 0 saturated heterocycles. The molecule has 58 heavy (non-hydrogen) atoms. The van der Waals surface area contributed by atoms with Gasteiger partial charge in [-0.15, -0.1) is 0 Å². The van der Waals surface area contributed by atoms with Gasteiger partial charge in [-0.25, -0.2) is 0 Å². The second-order valence-corrected chi connectivity index (χ2v) is 18.9. The summed E-state index contributed by atoms with van der Waals surface area (Å²) in [5.41, 5.74) is 0. The fourth-order valence-corrected chi connectivity index (χ4v) is 7.40. The highest BCUT2D eigenvalue weighted by atomic mass is 31.2. The van der Waals surface area contributed by atoms with Gasteiger partial charge in [0.2, 0.25) is 0 Å². The average molecular weight is 842 g/mol. The molecule has 0 rings (SSSR count). The fourth-order valence-electron chi connectivity index (χ4n) is 6.68. The van der Waals surface area contributed by atoms with Crippen LogP contribution in [0.4, 0.5) is 0 Å². The van der Waals surface area contributed by atoms with Gasteiger partial charge >= 0.3 is 11.9 Å². The topological polar surface area (TPSA) is 111 Å². The molecule has 0 aromatic carbocycles. The van der Waals surface area contributed by atoms with Crippen molar-refractivity contribution in [1.82, 2.24) is 0 Å². The number of nitrogens with zero attached hydrogens (tertiary/aromatic N) is 1. The summed E-state index contributed by atoms with van der Waals surface area (Å²) in [5, 5.41) is 0. The highest BCUT2D eigenvalue weighted by Gasteiger charge is 2.21. The first-order valence-corrected chi connectivity index (χ1v) is 25.5. The monoisotopic (exact) mass is 842 g/mol. The minimum atomic E-state index is -4.63. The molecule has 0 aliphatic carbocycles. The van der Waals surface area contributed by atoms with Crippen LogP contribution >= 0.6 is 7.82 Å². The van der Waals surface area contributed by atoms with E-state index in [2.05, 4.69) is 38.2 Å². The molecule has 0 spiro atoms. The van der Waals surface area contributed by atoms with Crippen molar-refractivity contribution >= 4 is 19.8 Å². The molecule has 0 N–H and O–H groups in total. The van der Waals surface area contributed by atoms with Crippen molar-refractivity contribution in [2.75, 3.05) is 47.5 Å². The van der Waals surface area contributed by atoms with Crippen LogP contribution in [0.2, 0.25) is 0 Å². The minimum Gasteiger partial charge on any atom is -0.756 e. The van der Waals surface area contributed by atoms with Crippen molar-refractivity contribution in [3.63, 3.8) is 0 Å². The first-order chi connectivity index (χ1) is 28.0. The van der Waals surface area contributed by atoms with E-state index in [9.17, 15) is 19.0 Å². The SMILES string of the molecule is CCCCCCCCCCCCCCCC/C=C/CC/C=C/CCCC(=O)OC[C@@H](COP(=O)([O-])OCC[N+](C)(C)C)OC(=O)CCCCCCCCCCCCC. The van der Waals surface area contributed by atoms with E-state index < -0.39 is 32.5 Å². The van der Waals surface area contributed by atoms with E-state index in [1.165, 1.54) is 135 Å². The Hall–Kier alpha value is -1.51. The first-order valence-electron chi connectivity index (χ1n) is 24.0. The zero-order valence-corrected chi connectivity index (χ0v) is 39.4. The van der Waals surface area contributed by atoms with E-state index >= 15 is 0 Å². The standard InChI is InChI=1S/C48H92NO8P/c1-6-8-10-12-14-16-18-19-20-21-22-23-24-25-26-27-28-29-31-32-34-36-38-40-47(50)54-44-46(45-56-58(52,53)55-43-42-49(3,4)5)57-48(51)41-39-37-35-33-30-17-15-13-11-9-7-2/h27-28,32,34,46H,6-26,29-31,33,35-45H2,1-5H3/b28-27+,34-32+/t46-/m0/s1. The molecule has 9 nitrogen and oxygen atoms in total. The number of esters is 2. The van der Waals surface area contributed by atoms with Crippen molar-refractivity contribution in [3.8, 4) is 0 Å². The van der Waals surface area contributed by atoms with E-state index in [0.29, 0.717) is 23.9 Å². The number of unbranched alkanes of at least 4 members (excludes halogenated alkanes) is 26. The molecule has 342 valence electrons. The van der Waals surface area contributed by atoms with Crippen molar-refractivity contribution in [2.24, 2.45) is 0 Å². The molecule has 0 amide bonds. The quantitative estimate of drug-likeness (QED) is 0.0196. The lowest BCUT2D eigenvalue weighted by atomic mass is 10.0. The van der Waals surface area contributed by atoms with Gasteiger partial charge in [0, 0.05) is 12.8 Å². The molecule has 2 atom stereocenters. The molecule has 0 radical (unpaired) electrons. The lowest BCUT2D eigenvalue weighted by Crippen LogP contribution is -2.37. The van der Waals surface area contributed by atoms with E-state index in [0.717, 1.165) is 44.9 Å². The van der Waals surface area contributed by atoms with Crippen molar-refractivity contribution in [1.29, 1.82) is 0 Å². The van der Waals surface area contributed by atoms with Crippen LogP contribution in [0, 0.1) is 0 Å². The molecular weight excluding hydrogens is 750 g/mol. The Balaban J connectivity index is 4.24. The molecule has 0 aromatic heterocycles. The van der Waals surface area contributed by atoms with Crippen molar-refractivity contribution in [2.45, 2.75) is 225 Å². The predicted octanol–water partition coefficient (Wildman–Crippen LogP) is 13.3. The summed E-state index contributed by atoms with van der Waals surface area (Å²) in [5.74, 6) is -0.877. The summed E-state index contributed by atoms with van der Waals surface area (Å²) in [6.07, 6.45) is 45.1. The molecule has 10 heteroatoms. The van der Waals surface area contributed by atoms with Gasteiger partial charge in [0.05, 0.1) is 27.7 Å². The Morgan fingerprint density at radius 3 is 1.38 bits per heavy atom. The normalized spacial score (nSPS) is 13.7. The van der Waals surface area contributed by atoms with Crippen LogP contribution in [-0.2, 0) is 32.7 Å².